The second kappa shape index (κ2) is 7.21. The van der Waals surface area contributed by atoms with E-state index in [0.29, 0.717) is 17.7 Å². The lowest BCUT2D eigenvalue weighted by Crippen LogP contribution is -2.26. The standard InChI is InChI=1S/C20H19FN2O2/c1-22(14-15-5-10-19(25-2)18(21)13-15)20(24)16-6-8-17(9-7-16)23-11-3-4-12-23/h3-13H,14H2,1-2H3. The lowest BCUT2D eigenvalue weighted by molar-refractivity contribution is 0.0785. The molecule has 1 aromatic heterocycles. The average molecular weight is 338 g/mol. The average Bonchev–Trinajstić information content (AvgIpc) is 3.16. The van der Waals surface area contributed by atoms with Crippen molar-refractivity contribution < 1.29 is 13.9 Å². The second-order valence-corrected chi connectivity index (χ2v) is 5.77. The lowest BCUT2D eigenvalue weighted by Gasteiger charge is -2.18. The van der Waals surface area contributed by atoms with Crippen LogP contribution < -0.4 is 4.74 Å². The molecule has 0 aliphatic heterocycles. The molecule has 25 heavy (non-hydrogen) atoms. The highest BCUT2D eigenvalue weighted by molar-refractivity contribution is 5.94. The summed E-state index contributed by atoms with van der Waals surface area (Å²) >= 11 is 0. The highest BCUT2D eigenvalue weighted by Gasteiger charge is 2.13. The Hall–Kier alpha value is -3.08. The van der Waals surface area contributed by atoms with Gasteiger partial charge in [-0.1, -0.05) is 6.07 Å². The first-order valence-electron chi connectivity index (χ1n) is 7.90. The summed E-state index contributed by atoms with van der Waals surface area (Å²) < 4.78 is 20.6. The number of amides is 1. The third-order valence-corrected chi connectivity index (χ3v) is 4.00. The Morgan fingerprint density at radius 1 is 1.12 bits per heavy atom. The molecule has 0 unspecified atom stereocenters. The Morgan fingerprint density at radius 2 is 1.80 bits per heavy atom. The zero-order valence-electron chi connectivity index (χ0n) is 14.1. The maximum absolute atomic E-state index is 13.8. The number of nitrogens with zero attached hydrogens (tertiary/aromatic N) is 2. The Balaban J connectivity index is 1.70. The Labute approximate surface area is 146 Å². The van der Waals surface area contributed by atoms with Crippen LogP contribution in [-0.4, -0.2) is 29.5 Å². The summed E-state index contributed by atoms with van der Waals surface area (Å²) in [5.41, 5.74) is 2.28. The van der Waals surface area contributed by atoms with Crippen LogP contribution in [-0.2, 0) is 6.54 Å². The van der Waals surface area contributed by atoms with Crippen molar-refractivity contribution in [3.63, 3.8) is 0 Å². The van der Waals surface area contributed by atoms with E-state index >= 15 is 0 Å². The molecule has 0 aliphatic carbocycles. The molecular weight excluding hydrogens is 319 g/mol. The molecule has 2 aromatic carbocycles. The summed E-state index contributed by atoms with van der Waals surface area (Å²) in [4.78, 5) is 14.1. The van der Waals surface area contributed by atoms with Crippen molar-refractivity contribution in [1.82, 2.24) is 9.47 Å². The van der Waals surface area contributed by atoms with Gasteiger partial charge < -0.3 is 14.2 Å². The van der Waals surface area contributed by atoms with Crippen molar-refractivity contribution in [3.8, 4) is 11.4 Å². The van der Waals surface area contributed by atoms with E-state index in [1.54, 1.807) is 36.2 Å². The number of halogens is 1. The number of carbonyl (C=O) groups excluding carboxylic acids is 1. The third kappa shape index (κ3) is 3.71. The van der Waals surface area contributed by atoms with Crippen molar-refractivity contribution in [1.29, 1.82) is 0 Å². The van der Waals surface area contributed by atoms with Crippen LogP contribution in [0.3, 0.4) is 0 Å². The molecule has 4 nitrogen and oxygen atoms in total. The number of carbonyl (C=O) groups is 1. The number of methoxy groups -OCH3 is 1. The smallest absolute Gasteiger partial charge is 0.253 e. The summed E-state index contributed by atoms with van der Waals surface area (Å²) in [6.07, 6.45) is 3.89. The van der Waals surface area contributed by atoms with E-state index in [4.69, 9.17) is 4.74 Å². The first-order chi connectivity index (χ1) is 12.1. The minimum absolute atomic E-state index is 0.115. The largest absolute Gasteiger partial charge is 0.494 e. The van der Waals surface area contributed by atoms with Crippen LogP contribution in [0.15, 0.2) is 67.0 Å². The highest BCUT2D eigenvalue weighted by atomic mass is 19.1. The predicted molar refractivity (Wildman–Crippen MR) is 94.5 cm³/mol. The van der Waals surface area contributed by atoms with Gasteiger partial charge in [0.25, 0.3) is 5.91 Å². The van der Waals surface area contributed by atoms with Crippen LogP contribution >= 0.6 is 0 Å². The van der Waals surface area contributed by atoms with E-state index in [1.165, 1.54) is 13.2 Å². The van der Waals surface area contributed by atoms with Crippen LogP contribution in [0, 0.1) is 5.82 Å². The SMILES string of the molecule is COc1ccc(CN(C)C(=O)c2ccc(-n3cccc3)cc2)cc1F. The first-order valence-corrected chi connectivity index (χ1v) is 7.90. The van der Waals surface area contributed by atoms with Crippen LogP contribution in [0.5, 0.6) is 5.75 Å². The van der Waals surface area contributed by atoms with E-state index in [0.717, 1.165) is 5.69 Å². The van der Waals surface area contributed by atoms with E-state index in [-0.39, 0.29) is 11.7 Å². The zero-order valence-corrected chi connectivity index (χ0v) is 14.1. The molecule has 1 amide bonds. The minimum Gasteiger partial charge on any atom is -0.494 e. The molecule has 0 N–H and O–H groups in total. The fraction of sp³-hybridized carbons (Fsp3) is 0.150. The minimum atomic E-state index is -0.433. The van der Waals surface area contributed by atoms with Crippen molar-refractivity contribution in [2.75, 3.05) is 14.2 Å². The molecule has 0 radical (unpaired) electrons. The highest BCUT2D eigenvalue weighted by Crippen LogP contribution is 2.19. The summed E-state index contributed by atoms with van der Waals surface area (Å²) in [7, 11) is 3.12. The summed E-state index contributed by atoms with van der Waals surface area (Å²) in [5, 5.41) is 0. The zero-order chi connectivity index (χ0) is 17.8. The van der Waals surface area contributed by atoms with E-state index < -0.39 is 5.82 Å². The van der Waals surface area contributed by atoms with Gasteiger partial charge >= 0.3 is 0 Å². The number of hydrogen-bond acceptors (Lipinski definition) is 2. The monoisotopic (exact) mass is 338 g/mol. The van der Waals surface area contributed by atoms with E-state index in [2.05, 4.69) is 0 Å². The van der Waals surface area contributed by atoms with Gasteiger partial charge in [0.1, 0.15) is 0 Å². The van der Waals surface area contributed by atoms with Gasteiger partial charge in [-0.2, -0.15) is 0 Å². The van der Waals surface area contributed by atoms with Gasteiger partial charge in [0.15, 0.2) is 11.6 Å². The summed E-state index contributed by atoms with van der Waals surface area (Å²) in [6, 6.07) is 16.0. The predicted octanol–water partition coefficient (Wildman–Crippen LogP) is 3.90. The Morgan fingerprint density at radius 3 is 2.40 bits per heavy atom. The van der Waals surface area contributed by atoms with E-state index in [9.17, 15) is 9.18 Å². The van der Waals surface area contributed by atoms with Crippen molar-refractivity contribution in [3.05, 3.63) is 83.9 Å². The normalized spacial score (nSPS) is 10.5. The number of rotatable bonds is 5. The lowest BCUT2D eigenvalue weighted by atomic mass is 10.1. The molecule has 128 valence electrons. The molecule has 5 heteroatoms. The molecule has 3 rings (SSSR count). The van der Waals surface area contributed by atoms with Gasteiger partial charge in [-0.3, -0.25) is 4.79 Å². The van der Waals surface area contributed by atoms with Crippen molar-refractivity contribution in [2.45, 2.75) is 6.54 Å². The molecule has 0 fully saturated rings. The quantitative estimate of drug-likeness (QED) is 0.707. The Bertz CT molecular complexity index is 858. The molecule has 0 atom stereocenters. The molecule has 0 aliphatic rings. The summed E-state index contributed by atoms with van der Waals surface area (Å²) in [6.45, 7) is 0.319. The van der Waals surface area contributed by atoms with Crippen LogP contribution in [0.2, 0.25) is 0 Å². The topological polar surface area (TPSA) is 34.5 Å². The fourth-order valence-corrected chi connectivity index (χ4v) is 2.66. The van der Waals surface area contributed by atoms with Gasteiger partial charge in [0, 0.05) is 37.2 Å². The van der Waals surface area contributed by atoms with Crippen LogP contribution in [0.4, 0.5) is 4.39 Å². The van der Waals surface area contributed by atoms with Gasteiger partial charge in [0.2, 0.25) is 0 Å². The van der Waals surface area contributed by atoms with Crippen molar-refractivity contribution in [2.24, 2.45) is 0 Å². The fourth-order valence-electron chi connectivity index (χ4n) is 2.66. The number of ether oxygens (including phenoxy) is 1. The van der Waals surface area contributed by atoms with Gasteiger partial charge in [-0.25, -0.2) is 4.39 Å². The van der Waals surface area contributed by atoms with Crippen LogP contribution in [0.1, 0.15) is 15.9 Å². The molecular formula is C20H19FN2O2. The molecule has 3 aromatic rings. The molecule has 0 saturated heterocycles. The van der Waals surface area contributed by atoms with Gasteiger partial charge in [-0.15, -0.1) is 0 Å². The first kappa shape index (κ1) is 16.8. The molecule has 0 spiro atoms. The molecule has 0 saturated carbocycles. The maximum Gasteiger partial charge on any atom is 0.253 e. The summed E-state index contributed by atoms with van der Waals surface area (Å²) in [5.74, 6) is -0.356. The second-order valence-electron chi connectivity index (χ2n) is 5.77. The Kier molecular flexibility index (Phi) is 4.84. The number of aromatic nitrogens is 1. The van der Waals surface area contributed by atoms with Gasteiger partial charge in [-0.05, 0) is 54.1 Å². The molecule has 1 heterocycles. The number of hydrogen-bond donors (Lipinski definition) is 0. The van der Waals surface area contributed by atoms with E-state index in [1.807, 2.05) is 41.2 Å². The van der Waals surface area contributed by atoms with Gasteiger partial charge in [0.05, 0.1) is 7.11 Å². The van der Waals surface area contributed by atoms with Crippen molar-refractivity contribution >= 4 is 5.91 Å². The maximum atomic E-state index is 13.8. The number of benzene rings is 2. The molecule has 0 bridgehead atoms. The third-order valence-electron chi connectivity index (χ3n) is 4.00. The van der Waals surface area contributed by atoms with Crippen LogP contribution in [0.25, 0.3) is 5.69 Å².